The van der Waals surface area contributed by atoms with Crippen LogP contribution in [0, 0.1) is 5.92 Å². The minimum Gasteiger partial charge on any atom is -0.379 e. The van der Waals surface area contributed by atoms with E-state index in [2.05, 4.69) is 10.3 Å². The van der Waals surface area contributed by atoms with Crippen molar-refractivity contribution < 1.29 is 14.3 Å². The van der Waals surface area contributed by atoms with Crippen LogP contribution in [0.15, 0.2) is 6.20 Å². The fourth-order valence-corrected chi connectivity index (χ4v) is 1.73. The molecule has 0 atom stereocenters. The lowest BCUT2D eigenvalue weighted by atomic mass is 10.1. The summed E-state index contributed by atoms with van der Waals surface area (Å²) in [7, 11) is 0. The molecule has 6 heteroatoms. The first kappa shape index (κ1) is 17.5. The molecule has 118 valence electrons. The van der Waals surface area contributed by atoms with Crippen LogP contribution >= 0.6 is 0 Å². The molecule has 1 aromatic heterocycles. The van der Waals surface area contributed by atoms with Crippen molar-refractivity contribution in [1.29, 1.82) is 0 Å². The number of hydrogen-bond donors (Lipinski definition) is 0. The number of aryl methyl sites for hydroxylation is 1. The molecule has 0 radical (unpaired) electrons. The Hall–Kier alpha value is -1.56. The Morgan fingerprint density at radius 3 is 2.71 bits per heavy atom. The molecular formula is C15H25N3O3. The topological polar surface area (TPSA) is 74.1 Å². The first-order valence-corrected chi connectivity index (χ1v) is 7.54. The van der Waals surface area contributed by atoms with Crippen molar-refractivity contribution in [1.82, 2.24) is 15.0 Å². The third-order valence-corrected chi connectivity index (χ3v) is 3.24. The van der Waals surface area contributed by atoms with Gasteiger partial charge in [0.1, 0.15) is 11.6 Å². The van der Waals surface area contributed by atoms with Crippen molar-refractivity contribution in [3.8, 4) is 0 Å². The van der Waals surface area contributed by atoms with Crippen LogP contribution in [0.4, 0.5) is 0 Å². The molecule has 0 saturated carbocycles. The van der Waals surface area contributed by atoms with Gasteiger partial charge in [-0.3, -0.25) is 9.59 Å². The van der Waals surface area contributed by atoms with Gasteiger partial charge in [0, 0.05) is 31.4 Å². The number of hydrogen-bond acceptors (Lipinski definition) is 5. The van der Waals surface area contributed by atoms with E-state index in [1.807, 2.05) is 27.0 Å². The largest absolute Gasteiger partial charge is 0.379 e. The maximum Gasteiger partial charge on any atom is 0.137 e. The van der Waals surface area contributed by atoms with E-state index in [-0.39, 0.29) is 17.5 Å². The summed E-state index contributed by atoms with van der Waals surface area (Å²) in [5, 5.41) is 8.01. The molecule has 0 saturated heterocycles. The van der Waals surface area contributed by atoms with Gasteiger partial charge in [0.05, 0.1) is 25.5 Å². The molecule has 6 nitrogen and oxygen atoms in total. The van der Waals surface area contributed by atoms with Gasteiger partial charge in [0.2, 0.25) is 0 Å². The number of carbonyl (C=O) groups excluding carboxylic acids is 2. The Labute approximate surface area is 125 Å². The quantitative estimate of drug-likeness (QED) is 0.582. The minimum atomic E-state index is 0.0669. The van der Waals surface area contributed by atoms with Crippen molar-refractivity contribution in [2.24, 2.45) is 5.92 Å². The third kappa shape index (κ3) is 7.13. The van der Waals surface area contributed by atoms with E-state index >= 15 is 0 Å². The minimum absolute atomic E-state index is 0.0669. The zero-order valence-electron chi connectivity index (χ0n) is 13.2. The molecule has 0 amide bonds. The summed E-state index contributed by atoms with van der Waals surface area (Å²) in [4.78, 5) is 22.6. The Bertz CT molecular complexity index is 455. The van der Waals surface area contributed by atoms with Gasteiger partial charge in [-0.25, -0.2) is 4.68 Å². The van der Waals surface area contributed by atoms with Crippen LogP contribution in [0.5, 0.6) is 0 Å². The summed E-state index contributed by atoms with van der Waals surface area (Å²) in [6.07, 6.45) is 4.02. The van der Waals surface area contributed by atoms with E-state index in [1.165, 1.54) is 0 Å². The normalized spacial score (nSPS) is 11.0. The van der Waals surface area contributed by atoms with Crippen LogP contribution in [-0.2, 0) is 27.3 Å². The first-order valence-electron chi connectivity index (χ1n) is 7.54. The molecule has 0 aliphatic carbocycles. The molecule has 1 aromatic rings. The summed E-state index contributed by atoms with van der Waals surface area (Å²) in [5.74, 6) is 0.527. The smallest absolute Gasteiger partial charge is 0.137 e. The van der Waals surface area contributed by atoms with Gasteiger partial charge >= 0.3 is 0 Å². The standard InChI is InChI=1S/C15H25N3O3/c1-4-14(19)6-5-13-11-18(17-16-13)8-10-21-9-7-15(20)12(2)3/h11-12H,4-10H2,1-3H3. The second-order valence-electron chi connectivity index (χ2n) is 5.35. The number of ether oxygens (including phenoxy) is 1. The summed E-state index contributed by atoms with van der Waals surface area (Å²) in [5.41, 5.74) is 0.826. The first-order chi connectivity index (χ1) is 10.0. The van der Waals surface area contributed by atoms with Crippen LogP contribution < -0.4 is 0 Å². The Morgan fingerprint density at radius 2 is 2.05 bits per heavy atom. The zero-order chi connectivity index (χ0) is 15.7. The number of rotatable bonds is 11. The summed E-state index contributed by atoms with van der Waals surface area (Å²) in [6, 6.07) is 0. The second-order valence-corrected chi connectivity index (χ2v) is 5.35. The van der Waals surface area contributed by atoms with Crippen molar-refractivity contribution in [3.05, 3.63) is 11.9 Å². The molecular weight excluding hydrogens is 270 g/mol. The predicted octanol–water partition coefficient (Wildman–Crippen LogP) is 1.82. The summed E-state index contributed by atoms with van der Waals surface area (Å²) in [6.45, 7) is 7.20. The van der Waals surface area contributed by atoms with Crippen molar-refractivity contribution in [2.75, 3.05) is 13.2 Å². The van der Waals surface area contributed by atoms with E-state index in [0.717, 1.165) is 5.69 Å². The van der Waals surface area contributed by atoms with Gasteiger partial charge in [0.25, 0.3) is 0 Å². The van der Waals surface area contributed by atoms with Crippen molar-refractivity contribution >= 4 is 11.6 Å². The zero-order valence-corrected chi connectivity index (χ0v) is 13.2. The van der Waals surface area contributed by atoms with Gasteiger partial charge < -0.3 is 4.74 Å². The van der Waals surface area contributed by atoms with E-state index in [4.69, 9.17) is 4.74 Å². The number of nitrogens with zero attached hydrogens (tertiary/aromatic N) is 3. The highest BCUT2D eigenvalue weighted by Crippen LogP contribution is 2.01. The fraction of sp³-hybridized carbons (Fsp3) is 0.733. The average molecular weight is 295 g/mol. The third-order valence-electron chi connectivity index (χ3n) is 3.24. The molecule has 21 heavy (non-hydrogen) atoms. The lowest BCUT2D eigenvalue weighted by molar-refractivity contribution is -0.123. The molecule has 0 spiro atoms. The molecule has 0 N–H and O–H groups in total. The molecule has 0 aromatic carbocycles. The van der Waals surface area contributed by atoms with Crippen LogP contribution in [0.25, 0.3) is 0 Å². The maximum absolute atomic E-state index is 11.4. The van der Waals surface area contributed by atoms with Gasteiger partial charge in [0.15, 0.2) is 0 Å². The Balaban J connectivity index is 2.17. The monoisotopic (exact) mass is 295 g/mol. The Kier molecular flexibility index (Phi) is 7.82. The SMILES string of the molecule is CCC(=O)CCc1cn(CCOCCC(=O)C(C)C)nn1. The maximum atomic E-state index is 11.4. The van der Waals surface area contributed by atoms with Crippen molar-refractivity contribution in [3.63, 3.8) is 0 Å². The van der Waals surface area contributed by atoms with Gasteiger partial charge in [-0.2, -0.15) is 0 Å². The lowest BCUT2D eigenvalue weighted by Crippen LogP contribution is -2.12. The number of aromatic nitrogens is 3. The highest BCUT2D eigenvalue weighted by Gasteiger charge is 2.07. The van der Waals surface area contributed by atoms with Gasteiger partial charge in [-0.15, -0.1) is 5.10 Å². The molecule has 1 rings (SSSR count). The highest BCUT2D eigenvalue weighted by molar-refractivity contribution is 5.80. The number of carbonyl (C=O) groups is 2. The molecule has 0 bridgehead atoms. The lowest BCUT2D eigenvalue weighted by Gasteiger charge is -2.05. The highest BCUT2D eigenvalue weighted by atomic mass is 16.5. The van der Waals surface area contributed by atoms with Crippen molar-refractivity contribution in [2.45, 2.75) is 53.0 Å². The summed E-state index contributed by atoms with van der Waals surface area (Å²) < 4.78 is 7.12. The molecule has 0 aliphatic rings. The van der Waals surface area contributed by atoms with E-state index in [0.29, 0.717) is 45.4 Å². The summed E-state index contributed by atoms with van der Waals surface area (Å²) >= 11 is 0. The van der Waals surface area contributed by atoms with E-state index in [1.54, 1.807) is 4.68 Å². The van der Waals surface area contributed by atoms with Gasteiger partial charge in [-0.1, -0.05) is 26.0 Å². The average Bonchev–Trinajstić information content (AvgIpc) is 2.91. The molecule has 0 fully saturated rings. The van der Waals surface area contributed by atoms with Crippen LogP contribution in [0.1, 0.15) is 45.7 Å². The fourth-order valence-electron chi connectivity index (χ4n) is 1.73. The predicted molar refractivity (Wildman–Crippen MR) is 78.9 cm³/mol. The number of ketones is 2. The van der Waals surface area contributed by atoms with Crippen LogP contribution in [0.2, 0.25) is 0 Å². The molecule has 0 unspecified atom stereocenters. The van der Waals surface area contributed by atoms with Gasteiger partial charge in [-0.05, 0) is 6.42 Å². The van der Waals surface area contributed by atoms with Crippen LogP contribution in [-0.4, -0.2) is 39.8 Å². The Morgan fingerprint density at radius 1 is 1.29 bits per heavy atom. The molecule has 0 aliphatic heterocycles. The second kappa shape index (κ2) is 9.39. The molecule has 1 heterocycles. The van der Waals surface area contributed by atoms with E-state index in [9.17, 15) is 9.59 Å². The number of Topliss-reactive ketones (excluding diaryl/α,β-unsaturated/α-hetero) is 2. The van der Waals surface area contributed by atoms with Crippen LogP contribution in [0.3, 0.4) is 0 Å². The van der Waals surface area contributed by atoms with E-state index < -0.39 is 0 Å².